The zero-order chi connectivity index (χ0) is 20.1. The molecule has 0 atom stereocenters. The third kappa shape index (κ3) is 4.09. The van der Waals surface area contributed by atoms with Crippen LogP contribution in [0.15, 0.2) is 79.1 Å². The van der Waals surface area contributed by atoms with Crippen LogP contribution in [0.5, 0.6) is 5.75 Å². The number of benzene rings is 2. The predicted molar refractivity (Wildman–Crippen MR) is 114 cm³/mol. The van der Waals surface area contributed by atoms with Gasteiger partial charge in [-0.05, 0) is 42.3 Å². The van der Waals surface area contributed by atoms with Crippen LogP contribution in [-0.4, -0.2) is 29.5 Å². The maximum atomic E-state index is 13.0. The van der Waals surface area contributed by atoms with E-state index in [-0.39, 0.29) is 5.91 Å². The number of aromatic nitrogens is 2. The van der Waals surface area contributed by atoms with E-state index in [1.165, 1.54) is 0 Å². The molecule has 0 fully saturated rings. The molecule has 0 aliphatic rings. The molecule has 4 rings (SSSR count). The number of amides is 1. The van der Waals surface area contributed by atoms with Gasteiger partial charge >= 0.3 is 0 Å². The molecule has 1 amide bonds. The van der Waals surface area contributed by atoms with E-state index in [9.17, 15) is 4.79 Å². The topological polar surface area (TPSA) is 64.1 Å². The Morgan fingerprint density at radius 3 is 2.59 bits per heavy atom. The van der Waals surface area contributed by atoms with Crippen molar-refractivity contribution in [2.24, 2.45) is 0 Å². The minimum Gasteiger partial charge on any atom is -0.496 e. The zero-order valence-corrected chi connectivity index (χ0v) is 16.1. The fourth-order valence-electron chi connectivity index (χ4n) is 3.35. The van der Waals surface area contributed by atoms with Gasteiger partial charge in [-0.15, -0.1) is 0 Å². The number of methoxy groups -OCH3 is 1. The van der Waals surface area contributed by atoms with Crippen molar-refractivity contribution in [2.45, 2.75) is 6.42 Å². The number of fused-ring (bicyclic) bond motifs is 1. The minimum absolute atomic E-state index is 0.117. The lowest BCUT2D eigenvalue weighted by Gasteiger charge is -2.12. The molecule has 4 aromatic rings. The third-order valence-corrected chi connectivity index (χ3v) is 4.81. The summed E-state index contributed by atoms with van der Waals surface area (Å²) in [5.74, 6) is 0.713. The second kappa shape index (κ2) is 8.52. The number of para-hydroxylation sites is 2. The molecule has 0 spiro atoms. The molecular weight excluding hydrogens is 362 g/mol. The molecule has 0 radical (unpaired) electrons. The summed E-state index contributed by atoms with van der Waals surface area (Å²) in [4.78, 5) is 21.8. The first-order valence-electron chi connectivity index (χ1n) is 9.46. The van der Waals surface area contributed by atoms with E-state index >= 15 is 0 Å². The zero-order valence-electron chi connectivity index (χ0n) is 16.1. The molecule has 5 nitrogen and oxygen atoms in total. The van der Waals surface area contributed by atoms with E-state index in [0.717, 1.165) is 33.5 Å². The molecular formula is C24H21N3O2. The van der Waals surface area contributed by atoms with E-state index in [4.69, 9.17) is 9.72 Å². The molecule has 0 unspecified atom stereocenters. The van der Waals surface area contributed by atoms with Crippen LogP contribution >= 0.6 is 0 Å². The van der Waals surface area contributed by atoms with E-state index < -0.39 is 0 Å². The summed E-state index contributed by atoms with van der Waals surface area (Å²) in [5, 5.41) is 3.87. The summed E-state index contributed by atoms with van der Waals surface area (Å²) in [7, 11) is 1.65. The Bertz CT molecular complexity index is 1140. The highest BCUT2D eigenvalue weighted by Gasteiger charge is 2.14. The van der Waals surface area contributed by atoms with Gasteiger partial charge in [0, 0.05) is 29.9 Å². The van der Waals surface area contributed by atoms with Crippen LogP contribution in [-0.2, 0) is 6.42 Å². The van der Waals surface area contributed by atoms with Gasteiger partial charge in [-0.1, -0.05) is 36.4 Å². The van der Waals surface area contributed by atoms with Crippen LogP contribution in [0.1, 0.15) is 15.9 Å². The molecule has 2 aromatic heterocycles. The summed E-state index contributed by atoms with van der Waals surface area (Å²) in [6.45, 7) is 0.514. The summed E-state index contributed by atoms with van der Waals surface area (Å²) in [5.41, 5.74) is 4.14. The summed E-state index contributed by atoms with van der Waals surface area (Å²) in [6.07, 6.45) is 4.13. The van der Waals surface area contributed by atoms with Crippen molar-refractivity contribution in [1.29, 1.82) is 0 Å². The van der Waals surface area contributed by atoms with Crippen molar-refractivity contribution >= 4 is 16.8 Å². The molecule has 0 aliphatic carbocycles. The van der Waals surface area contributed by atoms with Crippen LogP contribution in [0, 0.1) is 0 Å². The minimum atomic E-state index is -0.117. The Morgan fingerprint density at radius 2 is 1.76 bits per heavy atom. The normalized spacial score (nSPS) is 10.7. The number of rotatable bonds is 6. The lowest BCUT2D eigenvalue weighted by Crippen LogP contribution is -2.26. The Morgan fingerprint density at radius 1 is 1.00 bits per heavy atom. The van der Waals surface area contributed by atoms with Gasteiger partial charge in [0.25, 0.3) is 5.91 Å². The number of nitrogens with one attached hydrogen (secondary N) is 1. The number of carbonyl (C=O) groups excluding carboxylic acids is 1. The smallest absolute Gasteiger partial charge is 0.252 e. The number of pyridine rings is 2. The lowest BCUT2D eigenvalue weighted by molar-refractivity contribution is 0.0955. The molecule has 0 saturated heterocycles. The summed E-state index contributed by atoms with van der Waals surface area (Å²) >= 11 is 0. The van der Waals surface area contributed by atoms with Crippen molar-refractivity contribution in [2.75, 3.05) is 13.7 Å². The first-order valence-corrected chi connectivity index (χ1v) is 9.46. The van der Waals surface area contributed by atoms with Gasteiger partial charge in [0.05, 0.1) is 23.9 Å². The van der Waals surface area contributed by atoms with Crippen LogP contribution in [0.2, 0.25) is 0 Å². The highest BCUT2D eigenvalue weighted by Crippen LogP contribution is 2.24. The highest BCUT2D eigenvalue weighted by molar-refractivity contribution is 6.07. The van der Waals surface area contributed by atoms with Gasteiger partial charge in [-0.3, -0.25) is 9.78 Å². The van der Waals surface area contributed by atoms with Crippen LogP contribution in [0.4, 0.5) is 0 Å². The number of nitrogens with zero attached hydrogens (tertiary/aromatic N) is 2. The fraction of sp³-hybridized carbons (Fsp3) is 0.125. The highest BCUT2D eigenvalue weighted by atomic mass is 16.5. The number of hydrogen-bond donors (Lipinski definition) is 1. The maximum absolute atomic E-state index is 13.0. The molecule has 1 N–H and O–H groups in total. The van der Waals surface area contributed by atoms with Gasteiger partial charge in [-0.25, -0.2) is 4.98 Å². The lowest BCUT2D eigenvalue weighted by atomic mass is 10.0. The van der Waals surface area contributed by atoms with Crippen LogP contribution in [0.3, 0.4) is 0 Å². The standard InChI is InChI=1S/C24H21N3O2/c1-29-23-9-5-2-6-18(23)12-15-26-24(28)20-16-22(17-10-13-25-14-11-17)27-21-8-4-3-7-19(20)21/h2-11,13-14,16H,12,15H2,1H3,(H,26,28). The van der Waals surface area contributed by atoms with Crippen molar-refractivity contribution in [3.8, 4) is 17.0 Å². The third-order valence-electron chi connectivity index (χ3n) is 4.81. The first-order chi connectivity index (χ1) is 14.3. The maximum Gasteiger partial charge on any atom is 0.252 e. The second-order valence-electron chi connectivity index (χ2n) is 6.63. The SMILES string of the molecule is COc1ccccc1CCNC(=O)c1cc(-c2ccncc2)nc2ccccc12. The number of hydrogen-bond acceptors (Lipinski definition) is 4. The first kappa shape index (κ1) is 18.6. The van der Waals surface area contributed by atoms with Crippen molar-refractivity contribution in [3.05, 3.63) is 90.3 Å². The van der Waals surface area contributed by atoms with E-state index in [1.807, 2.05) is 66.7 Å². The number of ether oxygens (including phenoxy) is 1. The largest absolute Gasteiger partial charge is 0.496 e. The molecule has 2 aromatic carbocycles. The van der Waals surface area contributed by atoms with Gasteiger partial charge in [0.1, 0.15) is 5.75 Å². The predicted octanol–water partition coefficient (Wildman–Crippen LogP) is 4.28. The van der Waals surface area contributed by atoms with Crippen molar-refractivity contribution < 1.29 is 9.53 Å². The van der Waals surface area contributed by atoms with Crippen molar-refractivity contribution in [3.63, 3.8) is 0 Å². The average molecular weight is 383 g/mol. The molecule has 0 saturated carbocycles. The monoisotopic (exact) mass is 383 g/mol. The molecule has 5 heteroatoms. The molecule has 0 aliphatic heterocycles. The Labute approximate surface area is 169 Å². The molecule has 0 bridgehead atoms. The number of carbonyl (C=O) groups is 1. The van der Waals surface area contributed by atoms with Gasteiger partial charge < -0.3 is 10.1 Å². The summed E-state index contributed by atoms with van der Waals surface area (Å²) in [6, 6.07) is 21.2. The van der Waals surface area contributed by atoms with E-state index in [1.54, 1.807) is 19.5 Å². The molecule has 2 heterocycles. The van der Waals surface area contributed by atoms with Gasteiger partial charge in [-0.2, -0.15) is 0 Å². The molecule has 29 heavy (non-hydrogen) atoms. The van der Waals surface area contributed by atoms with Crippen LogP contribution < -0.4 is 10.1 Å². The average Bonchev–Trinajstić information content (AvgIpc) is 2.79. The van der Waals surface area contributed by atoms with Gasteiger partial charge in [0.2, 0.25) is 0 Å². The van der Waals surface area contributed by atoms with Crippen LogP contribution in [0.25, 0.3) is 22.2 Å². The van der Waals surface area contributed by atoms with E-state index in [0.29, 0.717) is 18.5 Å². The fourth-order valence-corrected chi connectivity index (χ4v) is 3.35. The Balaban J connectivity index is 1.60. The second-order valence-corrected chi connectivity index (χ2v) is 6.63. The summed E-state index contributed by atoms with van der Waals surface area (Å²) < 4.78 is 5.38. The molecule has 144 valence electrons. The van der Waals surface area contributed by atoms with Gasteiger partial charge in [0.15, 0.2) is 0 Å². The van der Waals surface area contributed by atoms with Crippen molar-refractivity contribution in [1.82, 2.24) is 15.3 Å². The van der Waals surface area contributed by atoms with E-state index in [2.05, 4.69) is 10.3 Å². The Hall–Kier alpha value is -3.73. The Kier molecular flexibility index (Phi) is 5.47. The quantitative estimate of drug-likeness (QED) is 0.540.